The molecule has 1 N–H and O–H groups in total. The van der Waals surface area contributed by atoms with Crippen LogP contribution in [0.25, 0.3) is 0 Å². The average Bonchev–Trinajstić information content (AvgIpc) is 3.20. The van der Waals surface area contributed by atoms with Gasteiger partial charge in [0.05, 0.1) is 24.9 Å². The van der Waals surface area contributed by atoms with Crippen LogP contribution < -0.4 is 10.9 Å². The number of rotatable bonds is 3. The van der Waals surface area contributed by atoms with Crippen molar-refractivity contribution in [1.82, 2.24) is 19.1 Å². The second-order valence-corrected chi connectivity index (χ2v) is 6.51. The molecule has 2 aliphatic rings. The van der Waals surface area contributed by atoms with E-state index in [0.29, 0.717) is 13.2 Å². The van der Waals surface area contributed by atoms with Crippen LogP contribution in [0.3, 0.4) is 0 Å². The van der Waals surface area contributed by atoms with Gasteiger partial charge in [0, 0.05) is 17.6 Å². The summed E-state index contributed by atoms with van der Waals surface area (Å²) in [7, 11) is 0. The molecule has 7 nitrogen and oxygen atoms in total. The van der Waals surface area contributed by atoms with Crippen molar-refractivity contribution in [3.63, 3.8) is 0 Å². The van der Waals surface area contributed by atoms with Crippen LogP contribution in [0, 0.1) is 6.92 Å². The highest BCUT2D eigenvalue weighted by Crippen LogP contribution is 2.24. The lowest BCUT2D eigenvalue weighted by molar-refractivity contribution is 0.182. The summed E-state index contributed by atoms with van der Waals surface area (Å²) in [6, 6.07) is 1.61. The van der Waals surface area contributed by atoms with E-state index in [1.807, 2.05) is 6.92 Å². The summed E-state index contributed by atoms with van der Waals surface area (Å²) < 4.78 is 11.3. The van der Waals surface area contributed by atoms with Crippen molar-refractivity contribution < 1.29 is 4.74 Å². The Morgan fingerprint density at radius 1 is 1.41 bits per heavy atom. The molecule has 0 spiro atoms. The zero-order valence-corrected chi connectivity index (χ0v) is 13.1. The van der Waals surface area contributed by atoms with Crippen LogP contribution in [0.5, 0.6) is 0 Å². The highest BCUT2D eigenvalue weighted by molar-refractivity contribution is 7.09. The molecule has 0 amide bonds. The Hall–Kier alpha value is -1.80. The Bertz CT molecular complexity index is 756. The highest BCUT2D eigenvalue weighted by atomic mass is 32.1. The van der Waals surface area contributed by atoms with Crippen molar-refractivity contribution in [2.75, 3.05) is 18.5 Å². The van der Waals surface area contributed by atoms with Gasteiger partial charge in [-0.25, -0.2) is 9.67 Å². The highest BCUT2D eigenvalue weighted by Gasteiger charge is 2.32. The fourth-order valence-electron chi connectivity index (χ4n) is 3.09. The number of anilines is 1. The summed E-state index contributed by atoms with van der Waals surface area (Å²) in [5, 5.41) is 8.67. The van der Waals surface area contributed by atoms with Gasteiger partial charge in [-0.05, 0) is 31.7 Å². The molecular formula is C14H17N5O2S. The summed E-state index contributed by atoms with van der Waals surface area (Å²) in [6.45, 7) is 2.88. The molecule has 2 aromatic rings. The minimum Gasteiger partial charge on any atom is -0.377 e. The van der Waals surface area contributed by atoms with Gasteiger partial charge in [0.1, 0.15) is 11.9 Å². The molecule has 22 heavy (non-hydrogen) atoms. The van der Waals surface area contributed by atoms with Crippen LogP contribution in [0.4, 0.5) is 5.13 Å². The third-order valence-electron chi connectivity index (χ3n) is 4.18. The molecule has 2 unspecified atom stereocenters. The molecule has 0 radical (unpaired) electrons. The van der Waals surface area contributed by atoms with Gasteiger partial charge in [-0.1, -0.05) is 0 Å². The first kappa shape index (κ1) is 13.8. The molecule has 8 heteroatoms. The van der Waals surface area contributed by atoms with Crippen molar-refractivity contribution >= 4 is 16.7 Å². The maximum absolute atomic E-state index is 12.4. The van der Waals surface area contributed by atoms with Crippen LogP contribution in [0.2, 0.25) is 0 Å². The number of aryl methyl sites for hydroxylation is 3. The van der Waals surface area contributed by atoms with Crippen LogP contribution in [0.15, 0.2) is 10.9 Å². The number of hydrogen-bond acceptors (Lipinski definition) is 7. The average molecular weight is 319 g/mol. The van der Waals surface area contributed by atoms with Gasteiger partial charge in [-0.2, -0.15) is 9.47 Å². The van der Waals surface area contributed by atoms with E-state index in [-0.39, 0.29) is 17.6 Å². The molecule has 1 aliphatic heterocycles. The van der Waals surface area contributed by atoms with Gasteiger partial charge in [-0.3, -0.25) is 4.79 Å². The Morgan fingerprint density at radius 2 is 2.32 bits per heavy atom. The zero-order chi connectivity index (χ0) is 15.1. The predicted molar refractivity (Wildman–Crippen MR) is 82.4 cm³/mol. The summed E-state index contributed by atoms with van der Waals surface area (Å²) in [5.41, 5.74) is 2.11. The molecule has 116 valence electrons. The molecule has 1 fully saturated rings. The maximum Gasteiger partial charge on any atom is 0.267 e. The molecule has 4 rings (SSSR count). The lowest BCUT2D eigenvalue weighted by atomic mass is 10.1. The fraction of sp³-hybridized carbons (Fsp3) is 0.571. The minimum atomic E-state index is -0.109. The Morgan fingerprint density at radius 3 is 3.14 bits per heavy atom. The Balaban J connectivity index is 1.62. The second-order valence-electron chi connectivity index (χ2n) is 5.76. The molecule has 0 bridgehead atoms. The molecule has 2 atom stereocenters. The standard InChI is InChI=1S/C14H17N5O2S/c1-8-15-14(22-18-8)16-11-6-21-7-12(11)19-13(20)5-9-3-2-4-10(9)17-19/h5,11-12H,2-4,6-7H2,1H3,(H,15,16,18). The summed E-state index contributed by atoms with van der Waals surface area (Å²) in [5.74, 6) is 0.746. The summed E-state index contributed by atoms with van der Waals surface area (Å²) in [6.07, 6.45) is 3.00. The SMILES string of the molecule is Cc1nsc(NC2COCC2n2nc3c(cc2=O)CCC3)n1. The van der Waals surface area contributed by atoms with E-state index in [9.17, 15) is 4.79 Å². The van der Waals surface area contributed by atoms with E-state index in [1.54, 1.807) is 10.7 Å². The van der Waals surface area contributed by atoms with Crippen molar-refractivity contribution in [3.8, 4) is 0 Å². The van der Waals surface area contributed by atoms with E-state index in [2.05, 4.69) is 19.8 Å². The van der Waals surface area contributed by atoms with Crippen molar-refractivity contribution in [1.29, 1.82) is 0 Å². The molecule has 3 heterocycles. The number of nitrogens with zero attached hydrogens (tertiary/aromatic N) is 4. The van der Waals surface area contributed by atoms with E-state index in [4.69, 9.17) is 4.74 Å². The van der Waals surface area contributed by atoms with Crippen molar-refractivity contribution in [2.24, 2.45) is 0 Å². The molecule has 0 aromatic carbocycles. The third kappa shape index (κ3) is 2.42. The van der Waals surface area contributed by atoms with Gasteiger partial charge in [-0.15, -0.1) is 0 Å². The third-order valence-corrected chi connectivity index (χ3v) is 4.92. The first-order valence-corrected chi connectivity index (χ1v) is 8.24. The van der Waals surface area contributed by atoms with Gasteiger partial charge in [0.15, 0.2) is 0 Å². The lowest BCUT2D eigenvalue weighted by Gasteiger charge is -2.20. The lowest BCUT2D eigenvalue weighted by Crippen LogP contribution is -2.37. The summed E-state index contributed by atoms with van der Waals surface area (Å²) >= 11 is 1.32. The van der Waals surface area contributed by atoms with Crippen molar-refractivity contribution in [3.05, 3.63) is 33.5 Å². The molecule has 0 saturated carbocycles. The first-order chi connectivity index (χ1) is 10.7. The van der Waals surface area contributed by atoms with E-state index >= 15 is 0 Å². The predicted octanol–water partition coefficient (Wildman–Crippen LogP) is 0.944. The number of aromatic nitrogens is 4. The quantitative estimate of drug-likeness (QED) is 0.907. The van der Waals surface area contributed by atoms with Gasteiger partial charge in [0.25, 0.3) is 5.56 Å². The van der Waals surface area contributed by atoms with Gasteiger partial charge < -0.3 is 10.1 Å². The summed E-state index contributed by atoms with van der Waals surface area (Å²) in [4.78, 5) is 16.7. The monoisotopic (exact) mass is 319 g/mol. The molecule has 2 aromatic heterocycles. The molecular weight excluding hydrogens is 302 g/mol. The van der Waals surface area contributed by atoms with E-state index in [1.165, 1.54) is 11.5 Å². The van der Waals surface area contributed by atoms with Crippen LogP contribution >= 0.6 is 11.5 Å². The second kappa shape index (κ2) is 5.44. The zero-order valence-electron chi connectivity index (χ0n) is 12.3. The van der Waals surface area contributed by atoms with E-state index < -0.39 is 0 Å². The molecule has 1 saturated heterocycles. The maximum atomic E-state index is 12.4. The number of fused-ring (bicyclic) bond motifs is 1. The first-order valence-electron chi connectivity index (χ1n) is 7.47. The number of nitrogens with one attached hydrogen (secondary N) is 1. The Kier molecular flexibility index (Phi) is 3.42. The largest absolute Gasteiger partial charge is 0.377 e. The van der Waals surface area contributed by atoms with Crippen LogP contribution in [-0.2, 0) is 17.6 Å². The fourth-order valence-corrected chi connectivity index (χ4v) is 3.73. The molecule has 1 aliphatic carbocycles. The minimum absolute atomic E-state index is 0.0167. The normalized spacial score (nSPS) is 23.7. The van der Waals surface area contributed by atoms with E-state index in [0.717, 1.165) is 41.5 Å². The van der Waals surface area contributed by atoms with Gasteiger partial charge >= 0.3 is 0 Å². The van der Waals surface area contributed by atoms with Crippen molar-refractivity contribution in [2.45, 2.75) is 38.3 Å². The van der Waals surface area contributed by atoms with Crippen LogP contribution in [-0.4, -0.2) is 38.4 Å². The smallest absolute Gasteiger partial charge is 0.267 e. The van der Waals surface area contributed by atoms with Crippen LogP contribution in [0.1, 0.15) is 29.5 Å². The van der Waals surface area contributed by atoms with Gasteiger partial charge in [0.2, 0.25) is 5.13 Å². The topological polar surface area (TPSA) is 81.9 Å². The number of hydrogen-bond donors (Lipinski definition) is 1. The number of ether oxygens (including phenoxy) is 1. The Labute approximate surface area is 131 Å².